The molecule has 0 spiro atoms. The van der Waals surface area contributed by atoms with Crippen LogP contribution in [0.3, 0.4) is 0 Å². The van der Waals surface area contributed by atoms with Crippen LogP contribution in [0.15, 0.2) is 18.2 Å². The van der Waals surface area contributed by atoms with E-state index in [9.17, 15) is 27.9 Å². The first-order valence-corrected chi connectivity index (χ1v) is 7.80. The van der Waals surface area contributed by atoms with Gasteiger partial charge in [0.1, 0.15) is 17.4 Å². The van der Waals surface area contributed by atoms with Crippen molar-refractivity contribution < 1.29 is 37.3 Å². The van der Waals surface area contributed by atoms with E-state index >= 15 is 0 Å². The Hall–Kier alpha value is -2.45. The van der Waals surface area contributed by atoms with Crippen LogP contribution in [0.1, 0.15) is 38.3 Å². The van der Waals surface area contributed by atoms with Gasteiger partial charge in [0.2, 0.25) is 0 Å². The topological polar surface area (TPSA) is 84.9 Å². The van der Waals surface area contributed by atoms with Gasteiger partial charge in [0.05, 0.1) is 12.7 Å². The minimum absolute atomic E-state index is 0.00114. The van der Waals surface area contributed by atoms with Crippen LogP contribution < -0.4 is 10.1 Å². The predicted molar refractivity (Wildman–Crippen MR) is 87.1 cm³/mol. The summed E-state index contributed by atoms with van der Waals surface area (Å²) in [6, 6.07) is 1.73. The highest BCUT2D eigenvalue weighted by Gasteiger charge is 2.31. The van der Waals surface area contributed by atoms with E-state index in [1.54, 1.807) is 20.8 Å². The van der Waals surface area contributed by atoms with E-state index in [-0.39, 0.29) is 18.6 Å². The summed E-state index contributed by atoms with van der Waals surface area (Å²) >= 11 is 0. The first kappa shape index (κ1) is 21.6. The Bertz CT molecular complexity index is 653. The number of hydrogen-bond donors (Lipinski definition) is 2. The molecule has 0 radical (unpaired) electrons. The van der Waals surface area contributed by atoms with E-state index in [2.05, 4.69) is 5.32 Å². The molecule has 0 heterocycles. The monoisotopic (exact) mass is 377 g/mol. The van der Waals surface area contributed by atoms with Gasteiger partial charge in [0.25, 0.3) is 0 Å². The van der Waals surface area contributed by atoms with Gasteiger partial charge < -0.3 is 19.9 Å². The van der Waals surface area contributed by atoms with Gasteiger partial charge in [-0.1, -0.05) is 6.07 Å². The van der Waals surface area contributed by atoms with E-state index in [1.807, 2.05) is 0 Å². The van der Waals surface area contributed by atoms with Crippen LogP contribution in [0.25, 0.3) is 0 Å². The highest BCUT2D eigenvalue weighted by atomic mass is 19.4. The molecule has 26 heavy (non-hydrogen) atoms. The molecule has 0 unspecified atom stereocenters. The second kappa shape index (κ2) is 8.29. The molecule has 1 rings (SSSR count). The lowest BCUT2D eigenvalue weighted by Gasteiger charge is -2.22. The fraction of sp³-hybridized carbons (Fsp3) is 0.529. The Morgan fingerprint density at radius 1 is 1.23 bits per heavy atom. The number of halogens is 3. The van der Waals surface area contributed by atoms with Crippen molar-refractivity contribution in [3.8, 4) is 5.75 Å². The highest BCUT2D eigenvalue weighted by Crippen LogP contribution is 2.33. The number of carbonyl (C=O) groups excluding carboxylic acids is 1. The average molecular weight is 377 g/mol. The third-order valence-corrected chi connectivity index (χ3v) is 3.31. The highest BCUT2D eigenvalue weighted by molar-refractivity contribution is 5.80. The zero-order valence-corrected chi connectivity index (χ0v) is 14.9. The SMILES string of the molecule is COc1cc(C(F)(F)F)ccc1CC[C@H](NC(=O)OC(C)(C)C)C(=O)O. The fourth-order valence-corrected chi connectivity index (χ4v) is 2.13. The number of rotatable bonds is 6. The standard InChI is InChI=1S/C17H22F3NO5/c1-16(2,3)26-15(24)21-12(14(22)23)8-6-10-5-7-11(17(18,19)20)9-13(10)25-4/h5,7,9,12H,6,8H2,1-4H3,(H,21,24)(H,22,23)/t12-/m0/s1. The van der Waals surface area contributed by atoms with Crippen molar-refractivity contribution in [3.05, 3.63) is 29.3 Å². The number of carboxylic acid groups (broad SMARTS) is 1. The lowest BCUT2D eigenvalue weighted by Crippen LogP contribution is -2.43. The van der Waals surface area contributed by atoms with Gasteiger partial charge in [0, 0.05) is 0 Å². The number of nitrogens with one attached hydrogen (secondary N) is 1. The maximum atomic E-state index is 12.7. The number of aliphatic carboxylic acids is 1. The number of methoxy groups -OCH3 is 1. The third kappa shape index (κ3) is 6.81. The number of amides is 1. The lowest BCUT2D eigenvalue weighted by molar-refractivity contribution is -0.139. The summed E-state index contributed by atoms with van der Waals surface area (Å²) in [5.41, 5.74) is -1.25. The molecule has 0 aliphatic carbocycles. The fourth-order valence-electron chi connectivity index (χ4n) is 2.13. The summed E-state index contributed by atoms with van der Waals surface area (Å²) in [6.45, 7) is 4.90. The molecule has 1 amide bonds. The number of carboxylic acids is 1. The third-order valence-electron chi connectivity index (χ3n) is 3.31. The zero-order chi connectivity index (χ0) is 20.1. The second-order valence-corrected chi connectivity index (χ2v) is 6.60. The van der Waals surface area contributed by atoms with E-state index in [0.717, 1.165) is 12.1 Å². The Labute approximate surface area is 149 Å². The van der Waals surface area contributed by atoms with E-state index in [4.69, 9.17) is 9.47 Å². The molecule has 0 aliphatic rings. The van der Waals surface area contributed by atoms with Crippen molar-refractivity contribution in [2.24, 2.45) is 0 Å². The molecule has 0 fully saturated rings. The van der Waals surface area contributed by atoms with Gasteiger partial charge >= 0.3 is 18.2 Å². The largest absolute Gasteiger partial charge is 0.496 e. The second-order valence-electron chi connectivity index (χ2n) is 6.60. The zero-order valence-electron chi connectivity index (χ0n) is 14.9. The minimum atomic E-state index is -4.51. The molecule has 1 aromatic carbocycles. The van der Waals surface area contributed by atoms with E-state index < -0.39 is 35.4 Å². The Morgan fingerprint density at radius 2 is 1.85 bits per heavy atom. The number of aryl methyl sites for hydroxylation is 1. The van der Waals surface area contributed by atoms with Crippen molar-refractivity contribution in [2.75, 3.05) is 7.11 Å². The van der Waals surface area contributed by atoms with Crippen LogP contribution >= 0.6 is 0 Å². The Kier molecular flexibility index (Phi) is 6.88. The lowest BCUT2D eigenvalue weighted by atomic mass is 10.0. The molecule has 1 aromatic rings. The molecule has 6 nitrogen and oxygen atoms in total. The molecule has 0 aromatic heterocycles. The van der Waals surface area contributed by atoms with Gasteiger partial charge in [0.15, 0.2) is 0 Å². The average Bonchev–Trinajstić information content (AvgIpc) is 2.48. The molecule has 0 bridgehead atoms. The van der Waals surface area contributed by atoms with Crippen LogP contribution in [0.4, 0.5) is 18.0 Å². The summed E-state index contributed by atoms with van der Waals surface area (Å²) in [6.07, 6.45) is -5.35. The maximum absolute atomic E-state index is 12.7. The quantitative estimate of drug-likeness (QED) is 0.791. The van der Waals surface area contributed by atoms with Crippen molar-refractivity contribution in [3.63, 3.8) is 0 Å². The summed E-state index contributed by atoms with van der Waals surface area (Å²) in [5, 5.41) is 11.5. The Balaban J connectivity index is 2.83. The molecular weight excluding hydrogens is 355 g/mol. The molecule has 0 saturated heterocycles. The number of benzene rings is 1. The predicted octanol–water partition coefficient (Wildman–Crippen LogP) is 3.62. The molecule has 2 N–H and O–H groups in total. The van der Waals surface area contributed by atoms with Crippen molar-refractivity contribution >= 4 is 12.1 Å². The van der Waals surface area contributed by atoms with Gasteiger partial charge in [-0.15, -0.1) is 0 Å². The summed E-state index contributed by atoms with van der Waals surface area (Å²) in [4.78, 5) is 23.0. The molecule has 0 aliphatic heterocycles. The van der Waals surface area contributed by atoms with Crippen LogP contribution in [-0.4, -0.2) is 35.9 Å². The van der Waals surface area contributed by atoms with Crippen molar-refractivity contribution in [1.29, 1.82) is 0 Å². The molecule has 1 atom stereocenters. The van der Waals surface area contributed by atoms with Gasteiger partial charge in [-0.3, -0.25) is 0 Å². The normalized spacial score (nSPS) is 13.0. The van der Waals surface area contributed by atoms with Crippen LogP contribution in [0.5, 0.6) is 5.75 Å². The van der Waals surface area contributed by atoms with E-state index in [1.165, 1.54) is 13.2 Å². The molecule has 9 heteroatoms. The number of carbonyl (C=O) groups is 2. The number of alkyl carbamates (subject to hydrolysis) is 1. The first-order valence-electron chi connectivity index (χ1n) is 7.80. The smallest absolute Gasteiger partial charge is 0.416 e. The number of hydrogen-bond acceptors (Lipinski definition) is 4. The Morgan fingerprint density at radius 3 is 2.31 bits per heavy atom. The number of alkyl halides is 3. The summed E-state index contributed by atoms with van der Waals surface area (Å²) < 4.78 is 48.2. The minimum Gasteiger partial charge on any atom is -0.496 e. The van der Waals surface area contributed by atoms with Crippen molar-refractivity contribution in [2.45, 2.75) is 51.4 Å². The molecule has 0 saturated carbocycles. The summed E-state index contributed by atoms with van der Waals surface area (Å²) in [7, 11) is 1.23. The van der Waals surface area contributed by atoms with Crippen LogP contribution in [0, 0.1) is 0 Å². The summed E-state index contributed by atoms with van der Waals surface area (Å²) in [5.74, 6) is -1.28. The van der Waals surface area contributed by atoms with Gasteiger partial charge in [-0.05, 0) is 51.3 Å². The number of ether oxygens (including phenoxy) is 2. The van der Waals surface area contributed by atoms with Crippen LogP contribution in [0.2, 0.25) is 0 Å². The van der Waals surface area contributed by atoms with Gasteiger partial charge in [-0.2, -0.15) is 13.2 Å². The first-order chi connectivity index (χ1) is 11.8. The van der Waals surface area contributed by atoms with Crippen LogP contribution in [-0.2, 0) is 22.1 Å². The van der Waals surface area contributed by atoms with Gasteiger partial charge in [-0.25, -0.2) is 9.59 Å². The maximum Gasteiger partial charge on any atom is 0.416 e. The van der Waals surface area contributed by atoms with Crippen molar-refractivity contribution in [1.82, 2.24) is 5.32 Å². The molecular formula is C17H22F3NO5. The molecule has 146 valence electrons. The van der Waals surface area contributed by atoms with E-state index in [0.29, 0.717) is 5.56 Å².